The second kappa shape index (κ2) is 10.0. The van der Waals surface area contributed by atoms with Crippen LogP contribution in [-0.2, 0) is 27.9 Å². The monoisotopic (exact) mass is 433 g/mol. The van der Waals surface area contributed by atoms with E-state index in [4.69, 9.17) is 0 Å². The molecule has 1 aliphatic rings. The Bertz CT molecular complexity index is 975. The number of likely N-dealkylation sites (tertiary alicyclic amines) is 1. The van der Waals surface area contributed by atoms with Crippen molar-refractivity contribution in [1.29, 1.82) is 0 Å². The Balaban J connectivity index is 1.60. The number of nitrogens with zero attached hydrogens (tertiary/aromatic N) is 2. The number of para-hydroxylation sites is 1. The number of hydrogen-bond donors (Lipinski definition) is 1. The fraction of sp³-hybridized carbons (Fsp3) is 0.409. The van der Waals surface area contributed by atoms with E-state index in [9.17, 15) is 17.6 Å². The fourth-order valence-corrected chi connectivity index (χ4v) is 4.49. The predicted molar refractivity (Wildman–Crippen MR) is 116 cm³/mol. The molecule has 1 saturated heterocycles. The quantitative estimate of drug-likeness (QED) is 0.695. The molecular weight excluding hydrogens is 405 g/mol. The van der Waals surface area contributed by atoms with Crippen molar-refractivity contribution < 1.29 is 17.6 Å². The summed E-state index contributed by atoms with van der Waals surface area (Å²) in [4.78, 5) is 14.8. The minimum absolute atomic E-state index is 0.140. The van der Waals surface area contributed by atoms with Gasteiger partial charge in [-0.3, -0.25) is 14.0 Å². The number of hydrogen-bond acceptors (Lipinski definition) is 4. The summed E-state index contributed by atoms with van der Waals surface area (Å²) in [6.07, 6.45) is 4.71. The van der Waals surface area contributed by atoms with Crippen molar-refractivity contribution in [3.63, 3.8) is 0 Å². The molecule has 8 heteroatoms. The number of anilines is 1. The third-order valence-corrected chi connectivity index (χ3v) is 6.27. The van der Waals surface area contributed by atoms with Crippen LogP contribution in [0.3, 0.4) is 0 Å². The number of carbonyl (C=O) groups is 1. The number of benzene rings is 2. The van der Waals surface area contributed by atoms with Gasteiger partial charge in [-0.2, -0.15) is 0 Å². The van der Waals surface area contributed by atoms with Crippen LogP contribution in [0.2, 0.25) is 0 Å². The molecule has 0 atom stereocenters. The Morgan fingerprint density at radius 1 is 1.07 bits per heavy atom. The lowest BCUT2D eigenvalue weighted by Crippen LogP contribution is -2.40. The van der Waals surface area contributed by atoms with Gasteiger partial charge in [-0.25, -0.2) is 12.8 Å². The van der Waals surface area contributed by atoms with Crippen molar-refractivity contribution in [3.05, 3.63) is 65.5 Å². The van der Waals surface area contributed by atoms with Gasteiger partial charge in [0.2, 0.25) is 15.9 Å². The summed E-state index contributed by atoms with van der Waals surface area (Å²) in [5.41, 5.74) is 1.99. The maximum atomic E-state index is 14.1. The second-order valence-electron chi connectivity index (χ2n) is 7.65. The molecule has 1 aliphatic heterocycles. The van der Waals surface area contributed by atoms with E-state index in [0.29, 0.717) is 0 Å². The number of carbonyl (C=O) groups excluding carboxylic acids is 1. The Morgan fingerprint density at radius 3 is 2.47 bits per heavy atom. The van der Waals surface area contributed by atoms with Crippen LogP contribution in [0.25, 0.3) is 0 Å². The topological polar surface area (TPSA) is 69.7 Å². The smallest absolute Gasteiger partial charge is 0.241 e. The van der Waals surface area contributed by atoms with Gasteiger partial charge in [0.1, 0.15) is 12.4 Å². The van der Waals surface area contributed by atoms with Crippen LogP contribution in [0.1, 0.15) is 30.4 Å². The van der Waals surface area contributed by atoms with Gasteiger partial charge in [-0.15, -0.1) is 0 Å². The zero-order valence-electron chi connectivity index (χ0n) is 17.2. The first-order valence-electron chi connectivity index (χ1n) is 10.1. The van der Waals surface area contributed by atoms with Crippen LogP contribution in [-0.4, -0.2) is 45.1 Å². The Hall–Kier alpha value is -2.45. The fourth-order valence-electron chi connectivity index (χ4n) is 3.64. The number of nitrogens with one attached hydrogen (secondary N) is 1. The van der Waals surface area contributed by atoms with Crippen LogP contribution in [0.5, 0.6) is 0 Å². The number of piperidine rings is 1. The SMILES string of the molecule is CS(=O)(=O)N(CC(=O)NCc1cccc(CN2CCCCC2)c1)c1ccccc1F. The summed E-state index contributed by atoms with van der Waals surface area (Å²) < 4.78 is 39.1. The van der Waals surface area contributed by atoms with Crippen LogP contribution < -0.4 is 9.62 Å². The minimum atomic E-state index is -3.81. The zero-order chi connectivity index (χ0) is 21.6. The lowest BCUT2D eigenvalue weighted by atomic mass is 10.1. The van der Waals surface area contributed by atoms with Crippen molar-refractivity contribution in [2.24, 2.45) is 0 Å². The lowest BCUT2D eigenvalue weighted by molar-refractivity contribution is -0.119. The van der Waals surface area contributed by atoms with E-state index in [1.807, 2.05) is 12.1 Å². The predicted octanol–water partition coefficient (Wildman–Crippen LogP) is 2.89. The Morgan fingerprint density at radius 2 is 1.77 bits per heavy atom. The summed E-state index contributed by atoms with van der Waals surface area (Å²) in [6.45, 7) is 2.91. The average molecular weight is 434 g/mol. The first kappa shape index (κ1) is 22.2. The molecule has 1 N–H and O–H groups in total. The van der Waals surface area contributed by atoms with Gasteiger partial charge in [0.15, 0.2) is 0 Å². The van der Waals surface area contributed by atoms with Gasteiger partial charge in [0, 0.05) is 13.1 Å². The van der Waals surface area contributed by atoms with Crippen molar-refractivity contribution in [2.75, 3.05) is 30.2 Å². The summed E-state index contributed by atoms with van der Waals surface area (Å²) in [6, 6.07) is 13.5. The van der Waals surface area contributed by atoms with Gasteiger partial charge >= 0.3 is 0 Å². The van der Waals surface area contributed by atoms with Gasteiger partial charge in [0.05, 0.1) is 11.9 Å². The van der Waals surface area contributed by atoms with Crippen molar-refractivity contribution in [3.8, 4) is 0 Å². The van der Waals surface area contributed by atoms with E-state index in [1.165, 1.54) is 49.1 Å². The van der Waals surface area contributed by atoms with Gasteiger partial charge < -0.3 is 5.32 Å². The largest absolute Gasteiger partial charge is 0.350 e. The molecule has 0 aliphatic carbocycles. The van der Waals surface area contributed by atoms with Crippen LogP contribution in [0, 0.1) is 5.82 Å². The Kier molecular flexibility index (Phi) is 7.44. The van der Waals surface area contributed by atoms with E-state index in [-0.39, 0.29) is 12.2 Å². The molecule has 1 heterocycles. The van der Waals surface area contributed by atoms with Crippen LogP contribution in [0.15, 0.2) is 48.5 Å². The first-order chi connectivity index (χ1) is 14.3. The molecule has 0 unspecified atom stereocenters. The van der Waals surface area contributed by atoms with E-state index in [0.717, 1.165) is 35.8 Å². The number of halogens is 1. The molecule has 162 valence electrons. The molecule has 0 bridgehead atoms. The summed E-state index contributed by atoms with van der Waals surface area (Å²) >= 11 is 0. The normalized spacial score (nSPS) is 15.0. The van der Waals surface area contributed by atoms with E-state index < -0.39 is 28.3 Å². The molecule has 1 amide bonds. The summed E-state index contributed by atoms with van der Waals surface area (Å²) in [7, 11) is -3.81. The maximum Gasteiger partial charge on any atom is 0.241 e. The summed E-state index contributed by atoms with van der Waals surface area (Å²) in [5.74, 6) is -1.19. The van der Waals surface area contributed by atoms with Gasteiger partial charge in [-0.05, 0) is 49.2 Å². The maximum absolute atomic E-state index is 14.1. The lowest BCUT2D eigenvalue weighted by Gasteiger charge is -2.26. The highest BCUT2D eigenvalue weighted by Gasteiger charge is 2.23. The molecule has 2 aromatic carbocycles. The molecule has 0 saturated carbocycles. The highest BCUT2D eigenvalue weighted by molar-refractivity contribution is 7.92. The average Bonchev–Trinajstić information content (AvgIpc) is 2.71. The molecule has 6 nitrogen and oxygen atoms in total. The van der Waals surface area contributed by atoms with E-state index >= 15 is 0 Å². The second-order valence-corrected chi connectivity index (χ2v) is 9.56. The first-order valence-corrected chi connectivity index (χ1v) is 12.0. The third-order valence-electron chi connectivity index (χ3n) is 5.14. The molecule has 1 fully saturated rings. The van der Waals surface area contributed by atoms with Crippen molar-refractivity contribution in [2.45, 2.75) is 32.4 Å². The van der Waals surface area contributed by atoms with Gasteiger partial charge in [0.25, 0.3) is 0 Å². The molecule has 0 radical (unpaired) electrons. The number of sulfonamides is 1. The zero-order valence-corrected chi connectivity index (χ0v) is 18.0. The van der Waals surface area contributed by atoms with Crippen LogP contribution in [0.4, 0.5) is 10.1 Å². The van der Waals surface area contributed by atoms with Crippen molar-refractivity contribution in [1.82, 2.24) is 10.2 Å². The molecule has 2 aromatic rings. The number of rotatable bonds is 8. The molecule has 30 heavy (non-hydrogen) atoms. The molecular formula is C22H28FN3O3S. The third kappa shape index (κ3) is 6.27. The summed E-state index contributed by atoms with van der Waals surface area (Å²) in [5, 5.41) is 2.74. The minimum Gasteiger partial charge on any atom is -0.350 e. The van der Waals surface area contributed by atoms with Gasteiger partial charge in [-0.1, -0.05) is 42.8 Å². The standard InChI is InChI=1S/C22H28FN3O3S/c1-30(28,29)26(21-11-4-3-10-20(21)23)17-22(27)24-15-18-8-7-9-19(14-18)16-25-12-5-2-6-13-25/h3-4,7-11,14H,2,5-6,12-13,15-17H2,1H3,(H,24,27). The highest BCUT2D eigenvalue weighted by atomic mass is 32.2. The number of amides is 1. The van der Waals surface area contributed by atoms with Crippen LogP contribution >= 0.6 is 0 Å². The van der Waals surface area contributed by atoms with E-state index in [2.05, 4.69) is 22.3 Å². The molecule has 0 spiro atoms. The Labute approximate surface area is 177 Å². The molecule has 0 aromatic heterocycles. The van der Waals surface area contributed by atoms with Crippen molar-refractivity contribution >= 4 is 21.6 Å². The molecule has 3 rings (SSSR count). The van der Waals surface area contributed by atoms with E-state index in [1.54, 1.807) is 0 Å². The highest BCUT2D eigenvalue weighted by Crippen LogP contribution is 2.21.